The Balaban J connectivity index is 1.68. The summed E-state index contributed by atoms with van der Waals surface area (Å²) in [6.45, 7) is 0.387. The Hall–Kier alpha value is -3.35. The van der Waals surface area contributed by atoms with Gasteiger partial charge in [-0.05, 0) is 29.8 Å². The van der Waals surface area contributed by atoms with Crippen molar-refractivity contribution in [2.75, 3.05) is 24.0 Å². The van der Waals surface area contributed by atoms with Crippen LogP contribution in [0, 0.1) is 0 Å². The van der Waals surface area contributed by atoms with Gasteiger partial charge in [-0.3, -0.25) is 14.6 Å². The maximum Gasteiger partial charge on any atom is 0.267 e. The molecule has 7 heteroatoms. The van der Waals surface area contributed by atoms with E-state index in [2.05, 4.69) is 10.4 Å². The number of hydrogen-bond donors (Lipinski definition) is 2. The Labute approximate surface area is 158 Å². The molecule has 1 atom stereocenters. The standard InChI is InChI=1S/C20H23N5O2/c1-24(2)15-10-8-14(9-11-15)13-22-20(27)17-12-18(19(21)26)25(23-17)16-6-4-3-5-7-16/h3-11,18H,12-13H2,1-2H3,(H2,21,26)(H,22,27). The predicted molar refractivity (Wildman–Crippen MR) is 107 cm³/mol. The molecule has 2 amide bonds. The van der Waals surface area contributed by atoms with Crippen LogP contribution in [0.5, 0.6) is 0 Å². The molecule has 0 saturated heterocycles. The third-order valence-electron chi connectivity index (χ3n) is 4.43. The molecule has 2 aromatic carbocycles. The highest BCUT2D eigenvalue weighted by molar-refractivity contribution is 6.40. The van der Waals surface area contributed by atoms with E-state index < -0.39 is 11.9 Å². The highest BCUT2D eigenvalue weighted by Crippen LogP contribution is 2.24. The van der Waals surface area contributed by atoms with Gasteiger partial charge in [0.05, 0.1) is 5.69 Å². The van der Waals surface area contributed by atoms with Crippen LogP contribution in [0.1, 0.15) is 12.0 Å². The number of nitrogens with two attached hydrogens (primary N) is 1. The van der Waals surface area contributed by atoms with Crippen LogP contribution in [-0.4, -0.2) is 37.7 Å². The number of benzene rings is 2. The topological polar surface area (TPSA) is 91.0 Å². The van der Waals surface area contributed by atoms with Crippen LogP contribution >= 0.6 is 0 Å². The van der Waals surface area contributed by atoms with Crippen LogP contribution in [0.3, 0.4) is 0 Å². The van der Waals surface area contributed by atoms with E-state index >= 15 is 0 Å². The zero-order chi connectivity index (χ0) is 19.4. The molecule has 0 spiro atoms. The Bertz CT molecular complexity index is 846. The monoisotopic (exact) mass is 365 g/mol. The van der Waals surface area contributed by atoms with E-state index in [-0.39, 0.29) is 12.3 Å². The van der Waals surface area contributed by atoms with Gasteiger partial charge in [0.15, 0.2) is 0 Å². The first kappa shape index (κ1) is 18.4. The highest BCUT2D eigenvalue weighted by atomic mass is 16.2. The summed E-state index contributed by atoms with van der Waals surface area (Å²) in [7, 11) is 3.95. The summed E-state index contributed by atoms with van der Waals surface area (Å²) in [5.74, 6) is -0.805. The van der Waals surface area contributed by atoms with Crippen LogP contribution in [0.2, 0.25) is 0 Å². The zero-order valence-corrected chi connectivity index (χ0v) is 15.4. The lowest BCUT2D eigenvalue weighted by Gasteiger charge is -2.20. The third kappa shape index (κ3) is 4.25. The van der Waals surface area contributed by atoms with Crippen LogP contribution in [0.25, 0.3) is 0 Å². The van der Waals surface area contributed by atoms with Gasteiger partial charge in [-0.15, -0.1) is 0 Å². The minimum absolute atomic E-state index is 0.190. The number of rotatable bonds is 6. The fourth-order valence-electron chi connectivity index (χ4n) is 2.88. The smallest absolute Gasteiger partial charge is 0.267 e. The summed E-state index contributed by atoms with van der Waals surface area (Å²) >= 11 is 0. The van der Waals surface area contributed by atoms with Crippen LogP contribution in [0.15, 0.2) is 59.7 Å². The molecule has 3 N–H and O–H groups in total. The molecule has 0 aromatic heterocycles. The summed E-state index contributed by atoms with van der Waals surface area (Å²) in [6, 6.07) is 16.5. The first-order valence-electron chi connectivity index (χ1n) is 8.71. The summed E-state index contributed by atoms with van der Waals surface area (Å²) < 4.78 is 0. The van der Waals surface area contributed by atoms with Crippen molar-refractivity contribution >= 4 is 28.9 Å². The van der Waals surface area contributed by atoms with Crippen molar-refractivity contribution in [1.29, 1.82) is 0 Å². The summed E-state index contributed by atoms with van der Waals surface area (Å²) in [4.78, 5) is 26.3. The van der Waals surface area contributed by atoms with Crippen molar-refractivity contribution in [1.82, 2.24) is 5.32 Å². The first-order chi connectivity index (χ1) is 13.0. The highest BCUT2D eigenvalue weighted by Gasteiger charge is 2.34. The molecular weight excluding hydrogens is 342 g/mol. The number of carbonyl (C=O) groups excluding carboxylic acids is 2. The van der Waals surface area contributed by atoms with Gasteiger partial charge < -0.3 is 16.0 Å². The molecular formula is C20H23N5O2. The minimum atomic E-state index is -0.660. The second kappa shape index (κ2) is 7.90. The molecule has 3 rings (SSSR count). The maximum atomic E-state index is 12.5. The molecule has 0 radical (unpaired) electrons. The molecule has 0 saturated carbocycles. The molecule has 27 heavy (non-hydrogen) atoms. The van der Waals surface area contributed by atoms with E-state index in [9.17, 15) is 9.59 Å². The van der Waals surface area contributed by atoms with Gasteiger partial charge in [-0.25, -0.2) is 0 Å². The van der Waals surface area contributed by atoms with Gasteiger partial charge in [0.25, 0.3) is 5.91 Å². The van der Waals surface area contributed by atoms with E-state index in [1.165, 1.54) is 5.01 Å². The molecule has 1 unspecified atom stereocenters. The number of carbonyl (C=O) groups is 2. The number of primary amides is 1. The first-order valence-corrected chi connectivity index (χ1v) is 8.71. The molecule has 1 aliphatic rings. The number of anilines is 2. The van der Waals surface area contributed by atoms with Crippen molar-refractivity contribution in [3.8, 4) is 0 Å². The number of hydrazone groups is 1. The molecule has 7 nitrogen and oxygen atoms in total. The Morgan fingerprint density at radius 3 is 2.41 bits per heavy atom. The molecule has 0 aliphatic carbocycles. The van der Waals surface area contributed by atoms with Gasteiger partial charge in [-0.1, -0.05) is 30.3 Å². The second-order valence-corrected chi connectivity index (χ2v) is 6.59. The normalized spacial score (nSPS) is 16.0. The SMILES string of the molecule is CN(C)c1ccc(CNC(=O)C2=NN(c3ccccc3)C(C(N)=O)C2)cc1. The number of nitrogens with zero attached hydrogens (tertiary/aromatic N) is 3. The molecule has 0 fully saturated rings. The van der Waals surface area contributed by atoms with Gasteiger partial charge in [0.1, 0.15) is 11.8 Å². The lowest BCUT2D eigenvalue weighted by atomic mass is 10.1. The molecule has 0 bridgehead atoms. The van der Waals surface area contributed by atoms with Crippen molar-refractivity contribution in [2.45, 2.75) is 19.0 Å². The van der Waals surface area contributed by atoms with E-state index in [4.69, 9.17) is 5.73 Å². The van der Waals surface area contributed by atoms with Crippen molar-refractivity contribution in [3.05, 3.63) is 60.2 Å². The number of hydrogen-bond acceptors (Lipinski definition) is 5. The Morgan fingerprint density at radius 1 is 1.15 bits per heavy atom. The third-order valence-corrected chi connectivity index (χ3v) is 4.43. The average molecular weight is 365 g/mol. The fraction of sp³-hybridized carbons (Fsp3) is 0.250. The van der Waals surface area contributed by atoms with Crippen molar-refractivity contribution in [3.63, 3.8) is 0 Å². The van der Waals surface area contributed by atoms with Crippen molar-refractivity contribution < 1.29 is 9.59 Å². The molecule has 2 aromatic rings. The Morgan fingerprint density at radius 2 is 1.81 bits per heavy atom. The number of nitrogens with one attached hydrogen (secondary N) is 1. The average Bonchev–Trinajstić information content (AvgIpc) is 3.13. The lowest BCUT2D eigenvalue weighted by Crippen LogP contribution is -2.39. The summed E-state index contributed by atoms with van der Waals surface area (Å²) in [5, 5.41) is 8.72. The largest absolute Gasteiger partial charge is 0.378 e. The van der Waals surface area contributed by atoms with Gasteiger partial charge in [0.2, 0.25) is 5.91 Å². The van der Waals surface area contributed by atoms with Crippen molar-refractivity contribution in [2.24, 2.45) is 10.8 Å². The quantitative estimate of drug-likeness (QED) is 0.811. The van der Waals surface area contributed by atoms with Crippen LogP contribution < -0.4 is 21.0 Å². The lowest BCUT2D eigenvalue weighted by molar-refractivity contribution is -0.119. The zero-order valence-electron chi connectivity index (χ0n) is 15.4. The van der Waals surface area contributed by atoms with Crippen LogP contribution in [-0.2, 0) is 16.1 Å². The second-order valence-electron chi connectivity index (χ2n) is 6.59. The Kier molecular flexibility index (Phi) is 5.40. The molecule has 1 heterocycles. The van der Waals surface area contributed by atoms with E-state index in [1.807, 2.05) is 73.6 Å². The number of para-hydroxylation sites is 1. The summed E-state index contributed by atoms with van der Waals surface area (Å²) in [5.41, 5.74) is 8.60. The number of amides is 2. The van der Waals surface area contributed by atoms with Gasteiger partial charge in [-0.2, -0.15) is 5.10 Å². The van der Waals surface area contributed by atoms with E-state index in [0.717, 1.165) is 16.9 Å². The minimum Gasteiger partial charge on any atom is -0.378 e. The molecule has 1 aliphatic heterocycles. The fourth-order valence-corrected chi connectivity index (χ4v) is 2.88. The van der Waals surface area contributed by atoms with Crippen LogP contribution in [0.4, 0.5) is 11.4 Å². The maximum absolute atomic E-state index is 12.5. The summed E-state index contributed by atoms with van der Waals surface area (Å²) in [6.07, 6.45) is 0.190. The van der Waals surface area contributed by atoms with Gasteiger partial charge in [0, 0.05) is 32.7 Å². The predicted octanol–water partition coefficient (Wildman–Crippen LogP) is 1.49. The van der Waals surface area contributed by atoms with Gasteiger partial charge >= 0.3 is 0 Å². The molecule has 140 valence electrons. The van der Waals surface area contributed by atoms with E-state index in [0.29, 0.717) is 12.3 Å². The van der Waals surface area contributed by atoms with E-state index in [1.54, 1.807) is 0 Å².